The topological polar surface area (TPSA) is 52.6 Å². The van der Waals surface area contributed by atoms with Crippen LogP contribution < -0.4 is 5.32 Å². The number of carbonyl (C=O) groups excluding carboxylic acids is 1. The summed E-state index contributed by atoms with van der Waals surface area (Å²) in [6.45, 7) is 1.51. The molecular formula is C9H18N2O2. The van der Waals surface area contributed by atoms with Crippen molar-refractivity contribution in [2.45, 2.75) is 25.3 Å². The van der Waals surface area contributed by atoms with Crippen LogP contribution in [0.2, 0.25) is 0 Å². The van der Waals surface area contributed by atoms with Crippen LogP contribution in [0, 0.1) is 0 Å². The predicted octanol–water partition coefficient (Wildman–Crippen LogP) is -0.421. The van der Waals surface area contributed by atoms with E-state index in [0.717, 1.165) is 25.8 Å². The quantitative estimate of drug-likeness (QED) is 0.629. The summed E-state index contributed by atoms with van der Waals surface area (Å²) in [6, 6.07) is 0.186. The van der Waals surface area contributed by atoms with Crippen molar-refractivity contribution in [3.8, 4) is 0 Å². The maximum Gasteiger partial charge on any atom is 0.233 e. The average Bonchev–Trinajstić information content (AvgIpc) is 2.18. The minimum atomic E-state index is 0.0281. The van der Waals surface area contributed by atoms with Crippen LogP contribution in [0.5, 0.6) is 0 Å². The number of aliphatic hydroxyl groups excluding tert-OH is 1. The number of likely N-dealkylation sites (tertiary alicyclic amines) is 1. The van der Waals surface area contributed by atoms with Crippen molar-refractivity contribution in [1.82, 2.24) is 10.2 Å². The molecule has 1 aliphatic rings. The summed E-state index contributed by atoms with van der Waals surface area (Å²) < 4.78 is 0. The number of amides is 1. The number of rotatable bonds is 3. The van der Waals surface area contributed by atoms with E-state index in [-0.39, 0.29) is 18.6 Å². The largest absolute Gasteiger partial charge is 0.395 e. The Morgan fingerprint density at radius 2 is 2.38 bits per heavy atom. The zero-order valence-electron chi connectivity index (χ0n) is 8.12. The third kappa shape index (κ3) is 2.97. The molecule has 0 aromatic rings. The van der Waals surface area contributed by atoms with Crippen LogP contribution in [0.15, 0.2) is 0 Å². The molecule has 1 amide bonds. The number of nitrogens with zero attached hydrogens (tertiary/aromatic N) is 1. The SMILES string of the molecule is CNC(=O)CN1CCCC[C@@H]1CO. The minimum Gasteiger partial charge on any atom is -0.395 e. The van der Waals surface area contributed by atoms with Crippen LogP contribution in [0.3, 0.4) is 0 Å². The van der Waals surface area contributed by atoms with Crippen molar-refractivity contribution < 1.29 is 9.90 Å². The Morgan fingerprint density at radius 3 is 3.00 bits per heavy atom. The van der Waals surface area contributed by atoms with Gasteiger partial charge in [0.25, 0.3) is 0 Å². The smallest absolute Gasteiger partial charge is 0.233 e. The molecule has 13 heavy (non-hydrogen) atoms. The Kier molecular flexibility index (Phi) is 4.18. The molecule has 1 saturated heterocycles. The van der Waals surface area contributed by atoms with Crippen molar-refractivity contribution in [3.63, 3.8) is 0 Å². The molecule has 4 heteroatoms. The molecule has 1 fully saturated rings. The third-order valence-corrected chi connectivity index (χ3v) is 2.59. The highest BCUT2D eigenvalue weighted by Gasteiger charge is 2.22. The van der Waals surface area contributed by atoms with Crippen molar-refractivity contribution >= 4 is 5.91 Å². The van der Waals surface area contributed by atoms with Crippen LogP contribution in [-0.2, 0) is 4.79 Å². The van der Waals surface area contributed by atoms with E-state index in [0.29, 0.717) is 6.54 Å². The first-order valence-corrected chi connectivity index (χ1v) is 4.83. The van der Waals surface area contributed by atoms with Gasteiger partial charge in [-0.1, -0.05) is 6.42 Å². The highest BCUT2D eigenvalue weighted by atomic mass is 16.3. The van der Waals surface area contributed by atoms with Gasteiger partial charge in [-0.05, 0) is 19.4 Å². The van der Waals surface area contributed by atoms with Crippen LogP contribution in [0.1, 0.15) is 19.3 Å². The number of hydrogen-bond donors (Lipinski definition) is 2. The Hall–Kier alpha value is -0.610. The van der Waals surface area contributed by atoms with Gasteiger partial charge in [-0.2, -0.15) is 0 Å². The summed E-state index contributed by atoms with van der Waals surface area (Å²) in [7, 11) is 1.64. The van der Waals surface area contributed by atoms with E-state index < -0.39 is 0 Å². The molecule has 0 unspecified atom stereocenters. The number of hydrogen-bond acceptors (Lipinski definition) is 3. The highest BCUT2D eigenvalue weighted by molar-refractivity contribution is 5.77. The molecule has 76 valence electrons. The Morgan fingerprint density at radius 1 is 1.62 bits per heavy atom. The van der Waals surface area contributed by atoms with Crippen LogP contribution in [-0.4, -0.2) is 48.7 Å². The first-order valence-electron chi connectivity index (χ1n) is 4.83. The number of piperidine rings is 1. The second-order valence-electron chi connectivity index (χ2n) is 3.48. The van der Waals surface area contributed by atoms with Gasteiger partial charge in [0.15, 0.2) is 0 Å². The van der Waals surface area contributed by atoms with Crippen LogP contribution in [0.25, 0.3) is 0 Å². The van der Waals surface area contributed by atoms with E-state index in [9.17, 15) is 4.79 Å². The van der Waals surface area contributed by atoms with Gasteiger partial charge in [0, 0.05) is 13.1 Å². The Balaban J connectivity index is 2.40. The molecule has 0 radical (unpaired) electrons. The minimum absolute atomic E-state index is 0.0281. The van der Waals surface area contributed by atoms with Gasteiger partial charge in [-0.25, -0.2) is 0 Å². The standard InChI is InChI=1S/C9H18N2O2/c1-10-9(13)6-11-5-3-2-4-8(11)7-12/h8,12H,2-7H2,1H3,(H,10,13)/t8-/m1/s1. The summed E-state index contributed by atoms with van der Waals surface area (Å²) in [5, 5.41) is 11.7. The van der Waals surface area contributed by atoms with E-state index in [1.807, 2.05) is 0 Å². The lowest BCUT2D eigenvalue weighted by Crippen LogP contribution is -2.46. The van der Waals surface area contributed by atoms with Gasteiger partial charge < -0.3 is 10.4 Å². The maximum atomic E-state index is 11.1. The lowest BCUT2D eigenvalue weighted by molar-refractivity contribution is -0.122. The van der Waals surface area contributed by atoms with E-state index in [2.05, 4.69) is 10.2 Å². The summed E-state index contributed by atoms with van der Waals surface area (Å²) in [4.78, 5) is 13.2. The molecular weight excluding hydrogens is 168 g/mol. The molecule has 1 atom stereocenters. The van der Waals surface area contributed by atoms with Crippen molar-refractivity contribution in [2.24, 2.45) is 0 Å². The molecule has 0 spiro atoms. The van der Waals surface area contributed by atoms with E-state index in [1.54, 1.807) is 7.05 Å². The fraction of sp³-hybridized carbons (Fsp3) is 0.889. The summed E-state index contributed by atoms with van der Waals surface area (Å²) >= 11 is 0. The van der Waals surface area contributed by atoms with Gasteiger partial charge in [-0.15, -0.1) is 0 Å². The molecule has 1 heterocycles. The second-order valence-corrected chi connectivity index (χ2v) is 3.48. The molecule has 0 bridgehead atoms. The molecule has 0 aromatic carbocycles. The maximum absolute atomic E-state index is 11.1. The molecule has 0 aromatic heterocycles. The first kappa shape index (κ1) is 10.5. The summed E-state index contributed by atoms with van der Waals surface area (Å²) in [5.41, 5.74) is 0. The second kappa shape index (κ2) is 5.19. The zero-order valence-corrected chi connectivity index (χ0v) is 8.12. The fourth-order valence-corrected chi connectivity index (χ4v) is 1.74. The monoisotopic (exact) mass is 186 g/mol. The molecule has 1 rings (SSSR count). The normalized spacial score (nSPS) is 24.3. The van der Waals surface area contributed by atoms with Gasteiger partial charge >= 0.3 is 0 Å². The molecule has 0 aliphatic carbocycles. The lowest BCUT2D eigenvalue weighted by Gasteiger charge is -2.33. The summed E-state index contributed by atoms with van der Waals surface area (Å²) in [5.74, 6) is 0.0281. The van der Waals surface area contributed by atoms with Crippen molar-refractivity contribution in [2.75, 3.05) is 26.7 Å². The number of aliphatic hydroxyl groups is 1. The Bertz CT molecular complexity index is 173. The third-order valence-electron chi connectivity index (χ3n) is 2.59. The molecule has 2 N–H and O–H groups in total. The fourth-order valence-electron chi connectivity index (χ4n) is 1.74. The predicted molar refractivity (Wildman–Crippen MR) is 50.4 cm³/mol. The van der Waals surface area contributed by atoms with Crippen LogP contribution >= 0.6 is 0 Å². The van der Waals surface area contributed by atoms with Gasteiger partial charge in [0.2, 0.25) is 5.91 Å². The zero-order chi connectivity index (χ0) is 9.68. The number of nitrogens with one attached hydrogen (secondary N) is 1. The van der Waals surface area contributed by atoms with Crippen molar-refractivity contribution in [3.05, 3.63) is 0 Å². The highest BCUT2D eigenvalue weighted by Crippen LogP contribution is 2.15. The number of carbonyl (C=O) groups is 1. The number of likely N-dealkylation sites (N-methyl/N-ethyl adjacent to an activating group) is 1. The molecule has 1 aliphatic heterocycles. The van der Waals surface area contributed by atoms with E-state index in [1.165, 1.54) is 0 Å². The molecule has 0 saturated carbocycles. The lowest BCUT2D eigenvalue weighted by atomic mass is 10.0. The van der Waals surface area contributed by atoms with Gasteiger partial charge in [0.05, 0.1) is 13.2 Å². The van der Waals surface area contributed by atoms with Crippen molar-refractivity contribution in [1.29, 1.82) is 0 Å². The first-order chi connectivity index (χ1) is 6.27. The van der Waals surface area contributed by atoms with Gasteiger partial charge in [-0.3, -0.25) is 9.69 Å². The average molecular weight is 186 g/mol. The van der Waals surface area contributed by atoms with Gasteiger partial charge in [0.1, 0.15) is 0 Å². The van der Waals surface area contributed by atoms with E-state index >= 15 is 0 Å². The Labute approximate surface area is 78.9 Å². The molecule has 4 nitrogen and oxygen atoms in total. The van der Waals surface area contributed by atoms with E-state index in [4.69, 9.17) is 5.11 Å². The summed E-state index contributed by atoms with van der Waals surface area (Å²) in [6.07, 6.45) is 3.30. The van der Waals surface area contributed by atoms with Crippen LogP contribution in [0.4, 0.5) is 0 Å².